The van der Waals surface area contributed by atoms with Crippen molar-refractivity contribution in [1.82, 2.24) is 9.55 Å². The highest BCUT2D eigenvalue weighted by atomic mass is 32.1. The van der Waals surface area contributed by atoms with Crippen LogP contribution in [0.1, 0.15) is 26.3 Å². The van der Waals surface area contributed by atoms with E-state index in [4.69, 9.17) is 9.40 Å². The first-order valence-electron chi connectivity index (χ1n) is 20.6. The average Bonchev–Trinajstić information content (AvgIpc) is 4.03. The Morgan fingerprint density at radius 1 is 0.600 bits per heavy atom. The summed E-state index contributed by atoms with van der Waals surface area (Å²) in [7, 11) is 0.765. The minimum Gasteiger partial charge on any atom is -0.436 e. The fourth-order valence-electron chi connectivity index (χ4n) is 9.63. The number of oxazole rings is 1. The first-order chi connectivity index (χ1) is 29.3. The van der Waals surface area contributed by atoms with Crippen molar-refractivity contribution in [3.63, 3.8) is 0 Å². The van der Waals surface area contributed by atoms with E-state index in [1.807, 2.05) is 40.9 Å². The highest BCUT2D eigenvalue weighted by Gasteiger charge is 2.29. The summed E-state index contributed by atoms with van der Waals surface area (Å²) < 4.78 is 14.3. The lowest BCUT2D eigenvalue weighted by Crippen LogP contribution is -2.37. The van der Waals surface area contributed by atoms with Crippen LogP contribution in [0.3, 0.4) is 0 Å². The molecule has 4 aromatic heterocycles. The van der Waals surface area contributed by atoms with Crippen LogP contribution in [0.4, 0.5) is 11.4 Å². The van der Waals surface area contributed by atoms with E-state index in [0.29, 0.717) is 5.89 Å². The monoisotopic (exact) mass is 805 g/mol. The molecule has 0 saturated heterocycles. The number of hydrogen-bond acceptors (Lipinski definition) is 5. The van der Waals surface area contributed by atoms with E-state index in [2.05, 4.69) is 164 Å². The number of thiophene rings is 2. The molecule has 0 atom stereocenters. The maximum atomic E-state index is 6.54. The highest BCUT2D eigenvalue weighted by Crippen LogP contribution is 2.45. The van der Waals surface area contributed by atoms with Crippen LogP contribution >= 0.6 is 22.7 Å². The van der Waals surface area contributed by atoms with Gasteiger partial charge in [-0.3, -0.25) is 0 Å². The number of nitrogens with one attached hydrogen (secondary N) is 1. The summed E-state index contributed by atoms with van der Waals surface area (Å²) in [5.74, 6) is 0.641. The predicted molar refractivity (Wildman–Crippen MR) is 260 cm³/mol. The normalized spacial score (nSPS) is 12.7. The molecule has 0 unspecified atom stereocenters. The smallest absolute Gasteiger partial charge is 0.227 e. The van der Waals surface area contributed by atoms with E-state index < -0.39 is 0 Å². The second-order valence-corrected chi connectivity index (χ2v) is 19.4. The van der Waals surface area contributed by atoms with Gasteiger partial charge in [-0.15, -0.1) is 22.7 Å². The van der Waals surface area contributed by atoms with E-state index >= 15 is 0 Å². The van der Waals surface area contributed by atoms with Crippen molar-refractivity contribution >= 4 is 126 Å². The molecule has 0 aliphatic carbocycles. The molecule has 1 aliphatic rings. The number of anilines is 2. The summed E-state index contributed by atoms with van der Waals surface area (Å²) in [6.45, 7) is 6.80. The number of aromatic nitrogens is 2. The standard InChI is InChI=1S/C53H36BN3OS2/c1-53(2,3)30-17-19-31(20-18-30)55-41-27-49-38(32-13-7-9-15-46(32)60-49)23-36(41)34-21-22-35-37-25-48-39(33-14-8-10-16-47(33)59-48)24-43(37)57-44-28-45-42(26-40(44)54-50(34)51(35)57)56-52(58-45)29-11-5-4-6-12-29/h4-28,54-55H,1-3H3. The summed E-state index contributed by atoms with van der Waals surface area (Å²) in [5.41, 5.74) is 14.8. The molecule has 60 heavy (non-hydrogen) atoms. The Labute approximate surface area is 354 Å². The molecule has 0 spiro atoms. The molecule has 284 valence electrons. The lowest BCUT2D eigenvalue weighted by atomic mass is 9.59. The molecule has 0 radical (unpaired) electrons. The van der Waals surface area contributed by atoms with Gasteiger partial charge < -0.3 is 14.3 Å². The van der Waals surface area contributed by atoms with Crippen LogP contribution in [0.5, 0.6) is 0 Å². The topological polar surface area (TPSA) is 43.0 Å². The van der Waals surface area contributed by atoms with Gasteiger partial charge in [0.15, 0.2) is 12.9 Å². The first kappa shape index (κ1) is 34.2. The third-order valence-corrected chi connectivity index (χ3v) is 14.9. The molecule has 12 aromatic rings. The van der Waals surface area contributed by atoms with Gasteiger partial charge in [-0.05, 0) is 88.7 Å². The molecule has 8 aromatic carbocycles. The van der Waals surface area contributed by atoms with Gasteiger partial charge in [-0.2, -0.15) is 0 Å². The summed E-state index contributed by atoms with van der Waals surface area (Å²) in [4.78, 5) is 5.05. The van der Waals surface area contributed by atoms with Gasteiger partial charge in [0, 0.05) is 90.9 Å². The van der Waals surface area contributed by atoms with Crippen LogP contribution in [0, 0.1) is 0 Å². The van der Waals surface area contributed by atoms with Crippen LogP contribution in [0.2, 0.25) is 0 Å². The zero-order valence-corrected chi connectivity index (χ0v) is 34.9. The Kier molecular flexibility index (Phi) is 7.09. The van der Waals surface area contributed by atoms with Gasteiger partial charge in [0.05, 0.1) is 5.52 Å². The Morgan fingerprint density at radius 3 is 2.05 bits per heavy atom. The quantitative estimate of drug-likeness (QED) is 0.180. The third kappa shape index (κ3) is 5.06. The largest absolute Gasteiger partial charge is 0.436 e. The average molecular weight is 806 g/mol. The van der Waals surface area contributed by atoms with Crippen molar-refractivity contribution in [1.29, 1.82) is 0 Å². The highest BCUT2D eigenvalue weighted by molar-refractivity contribution is 7.26. The Morgan fingerprint density at radius 2 is 1.30 bits per heavy atom. The Balaban J connectivity index is 1.09. The van der Waals surface area contributed by atoms with Crippen molar-refractivity contribution in [3.8, 4) is 28.3 Å². The minimum atomic E-state index is 0.0788. The lowest BCUT2D eigenvalue weighted by molar-refractivity contribution is 0.590. The fourth-order valence-corrected chi connectivity index (χ4v) is 11.9. The van der Waals surface area contributed by atoms with Gasteiger partial charge in [0.2, 0.25) is 5.89 Å². The van der Waals surface area contributed by atoms with Crippen LogP contribution in [0.25, 0.3) is 102 Å². The zero-order chi connectivity index (χ0) is 39.9. The number of benzene rings is 8. The second-order valence-electron chi connectivity index (χ2n) is 17.2. The van der Waals surface area contributed by atoms with E-state index in [1.54, 1.807) is 0 Å². The van der Waals surface area contributed by atoms with Crippen molar-refractivity contribution in [3.05, 3.63) is 157 Å². The van der Waals surface area contributed by atoms with Crippen LogP contribution in [-0.4, -0.2) is 16.8 Å². The molecule has 0 fully saturated rings. The molecular weight excluding hydrogens is 770 g/mol. The van der Waals surface area contributed by atoms with Crippen LogP contribution in [0.15, 0.2) is 156 Å². The van der Waals surface area contributed by atoms with E-state index in [9.17, 15) is 0 Å². The van der Waals surface area contributed by atoms with Gasteiger partial charge in [0.25, 0.3) is 0 Å². The van der Waals surface area contributed by atoms with E-state index in [0.717, 1.165) is 41.0 Å². The molecule has 7 heteroatoms. The molecule has 1 aliphatic heterocycles. The van der Waals surface area contributed by atoms with Crippen molar-refractivity contribution < 1.29 is 4.42 Å². The van der Waals surface area contributed by atoms with Crippen LogP contribution in [-0.2, 0) is 5.41 Å². The summed E-state index contributed by atoms with van der Waals surface area (Å²) >= 11 is 3.74. The van der Waals surface area contributed by atoms with Gasteiger partial charge >= 0.3 is 0 Å². The molecule has 0 bridgehead atoms. The molecule has 4 nitrogen and oxygen atoms in total. The molecular formula is C53H36BN3OS2. The lowest BCUT2D eigenvalue weighted by Gasteiger charge is -2.24. The summed E-state index contributed by atoms with van der Waals surface area (Å²) in [6, 6.07) is 55.7. The maximum Gasteiger partial charge on any atom is 0.227 e. The SMILES string of the molecule is CC(C)(C)c1ccc(Nc2cc3sc4ccccc4c3cc2-c2ccc3c4cc5sc6ccccc6c5cc4n4c3c2Bc2cc3nc(-c5ccccc5)oc3cc2-4)cc1. The minimum absolute atomic E-state index is 0.0788. The van der Waals surface area contributed by atoms with Crippen molar-refractivity contribution in [2.75, 3.05) is 5.32 Å². The third-order valence-electron chi connectivity index (χ3n) is 12.6. The van der Waals surface area contributed by atoms with E-state index in [-0.39, 0.29) is 5.41 Å². The second kappa shape index (κ2) is 12.4. The van der Waals surface area contributed by atoms with Crippen molar-refractivity contribution in [2.45, 2.75) is 26.2 Å². The number of nitrogens with zero attached hydrogens (tertiary/aromatic N) is 2. The van der Waals surface area contributed by atoms with Crippen LogP contribution < -0.4 is 16.2 Å². The van der Waals surface area contributed by atoms with E-state index in [1.165, 1.54) is 89.8 Å². The molecule has 0 amide bonds. The Bertz CT molecular complexity index is 3750. The Hall–Kier alpha value is -6.67. The molecule has 1 N–H and O–H groups in total. The molecule has 5 heterocycles. The first-order valence-corrected chi connectivity index (χ1v) is 22.2. The predicted octanol–water partition coefficient (Wildman–Crippen LogP) is 13.7. The molecule has 13 rings (SSSR count). The van der Waals surface area contributed by atoms with Crippen molar-refractivity contribution in [2.24, 2.45) is 0 Å². The van der Waals surface area contributed by atoms with Gasteiger partial charge in [0.1, 0.15) is 5.52 Å². The zero-order valence-electron chi connectivity index (χ0n) is 33.3. The molecule has 0 saturated carbocycles. The number of rotatable bonds is 4. The maximum absolute atomic E-state index is 6.54. The fraction of sp³-hybridized carbons (Fsp3) is 0.0755. The summed E-state index contributed by atoms with van der Waals surface area (Å²) in [6.07, 6.45) is 0. The van der Waals surface area contributed by atoms with Gasteiger partial charge in [-0.1, -0.05) is 105 Å². The number of hydrogen-bond donors (Lipinski definition) is 1. The van der Waals surface area contributed by atoms with Gasteiger partial charge in [-0.25, -0.2) is 4.98 Å². The summed E-state index contributed by atoms with van der Waals surface area (Å²) in [5, 5.41) is 11.6. The number of fused-ring (bicyclic) bond motifs is 12.